The number of nitrogens with zero attached hydrogens (tertiary/aromatic N) is 1. The van der Waals surface area contributed by atoms with Crippen molar-refractivity contribution in [3.05, 3.63) is 40.3 Å². The zero-order valence-electron chi connectivity index (χ0n) is 16.7. The second-order valence-corrected chi connectivity index (χ2v) is 9.63. The molecular weight excluding hydrogens is 418 g/mol. The van der Waals surface area contributed by atoms with Crippen molar-refractivity contribution in [1.82, 2.24) is 4.31 Å². The van der Waals surface area contributed by atoms with E-state index < -0.39 is 34.4 Å². The molecule has 0 aliphatic carbocycles. The minimum atomic E-state index is -4.20. The van der Waals surface area contributed by atoms with E-state index in [2.05, 4.69) is 0 Å². The van der Waals surface area contributed by atoms with Crippen LogP contribution in [0.2, 0.25) is 0 Å². The molecule has 0 spiro atoms. The van der Waals surface area contributed by atoms with Crippen LogP contribution in [0.3, 0.4) is 0 Å². The topological polar surface area (TPSA) is 113 Å². The lowest BCUT2D eigenvalue weighted by molar-refractivity contribution is 0.0522. The van der Waals surface area contributed by atoms with Gasteiger partial charge in [-0.15, -0.1) is 11.3 Å². The van der Waals surface area contributed by atoms with E-state index in [0.29, 0.717) is 16.2 Å². The Hall–Kier alpha value is -2.14. The van der Waals surface area contributed by atoms with Crippen molar-refractivity contribution in [2.45, 2.75) is 37.6 Å². The molecular formula is C19H25NO7S2. The zero-order chi connectivity index (χ0) is 21.8. The number of aryl methyl sites for hydroxylation is 1. The lowest BCUT2D eigenvalue weighted by Gasteiger charge is -2.26. The molecule has 1 unspecified atom stereocenters. The summed E-state index contributed by atoms with van der Waals surface area (Å²) in [4.78, 5) is 12.4. The number of methoxy groups -OCH3 is 1. The maximum absolute atomic E-state index is 13.3. The van der Waals surface area contributed by atoms with Crippen LogP contribution < -0.4 is 4.74 Å². The first-order valence-corrected chi connectivity index (χ1v) is 11.2. The molecule has 1 aromatic carbocycles. The number of carbonyl (C=O) groups excluding carboxylic acids is 1. The van der Waals surface area contributed by atoms with Crippen LogP contribution in [-0.4, -0.2) is 55.3 Å². The molecule has 2 N–H and O–H groups in total. The molecule has 8 nitrogen and oxygen atoms in total. The third-order valence-corrected chi connectivity index (χ3v) is 7.84. The Balaban J connectivity index is 2.47. The van der Waals surface area contributed by atoms with Gasteiger partial charge < -0.3 is 19.7 Å². The fourth-order valence-corrected chi connectivity index (χ4v) is 5.97. The maximum atomic E-state index is 13.3. The number of rotatable bonds is 9. The number of hydrogen-bond donors (Lipinski definition) is 2. The molecule has 0 bridgehead atoms. The van der Waals surface area contributed by atoms with Crippen LogP contribution in [0.15, 0.2) is 28.5 Å². The average molecular weight is 444 g/mol. The third-order valence-electron chi connectivity index (χ3n) is 4.30. The van der Waals surface area contributed by atoms with Crippen LogP contribution in [-0.2, 0) is 21.3 Å². The van der Waals surface area contributed by atoms with E-state index in [1.807, 2.05) is 0 Å². The molecule has 0 saturated carbocycles. The fraction of sp³-hybridized carbons (Fsp3) is 0.421. The Morgan fingerprint density at radius 2 is 1.90 bits per heavy atom. The van der Waals surface area contributed by atoms with Crippen molar-refractivity contribution in [2.75, 3.05) is 20.3 Å². The van der Waals surface area contributed by atoms with E-state index in [9.17, 15) is 23.4 Å². The molecule has 10 heteroatoms. The van der Waals surface area contributed by atoms with E-state index in [1.165, 1.54) is 7.11 Å². The summed E-state index contributed by atoms with van der Waals surface area (Å²) in [7, 11) is -2.67. The molecule has 1 atom stereocenters. The Morgan fingerprint density at radius 3 is 2.41 bits per heavy atom. The van der Waals surface area contributed by atoms with Gasteiger partial charge in [0.05, 0.1) is 20.3 Å². The van der Waals surface area contributed by atoms with E-state index in [4.69, 9.17) is 9.47 Å². The molecule has 1 aromatic heterocycles. The van der Waals surface area contributed by atoms with Crippen LogP contribution >= 0.6 is 11.3 Å². The number of esters is 1. The van der Waals surface area contributed by atoms with Gasteiger partial charge in [0.2, 0.25) is 0 Å². The minimum absolute atomic E-state index is 0.0286. The van der Waals surface area contributed by atoms with Crippen LogP contribution in [0, 0.1) is 6.92 Å². The second-order valence-electron chi connectivity index (χ2n) is 6.32. The van der Waals surface area contributed by atoms with E-state index >= 15 is 0 Å². The summed E-state index contributed by atoms with van der Waals surface area (Å²) in [6, 6.07) is 6.09. The van der Waals surface area contributed by atoms with Gasteiger partial charge >= 0.3 is 5.97 Å². The van der Waals surface area contributed by atoms with Crippen LogP contribution in [0.5, 0.6) is 11.5 Å². The molecule has 1 heterocycles. The number of hydrogen-bond acceptors (Lipinski definition) is 8. The van der Waals surface area contributed by atoms with Crippen molar-refractivity contribution in [3.63, 3.8) is 0 Å². The standard InChI is InChI=1S/C19H25NO7S2/c1-5-27-18(23)16-13(3)28-19(17(16)22)29(24,25)20(12(2)11-21)10-14-6-8-15(26-4)9-7-14/h6-9,12,21-22H,5,10-11H2,1-4H3. The minimum Gasteiger partial charge on any atom is -0.505 e. The lowest BCUT2D eigenvalue weighted by atomic mass is 10.2. The molecule has 0 amide bonds. The SMILES string of the molecule is CCOC(=O)c1c(C)sc(S(=O)(=O)N(Cc2ccc(OC)cc2)C(C)CO)c1O. The number of sulfonamides is 1. The first-order valence-electron chi connectivity index (χ1n) is 8.92. The first kappa shape index (κ1) is 23.1. The average Bonchev–Trinajstić information content (AvgIpc) is 3.01. The highest BCUT2D eigenvalue weighted by molar-refractivity contribution is 7.91. The third kappa shape index (κ3) is 4.89. The van der Waals surface area contributed by atoms with Gasteiger partial charge in [-0.25, -0.2) is 13.2 Å². The van der Waals surface area contributed by atoms with Gasteiger partial charge in [0.1, 0.15) is 11.3 Å². The highest BCUT2D eigenvalue weighted by Gasteiger charge is 2.36. The molecule has 0 fully saturated rings. The van der Waals surface area contributed by atoms with Crippen LogP contribution in [0.4, 0.5) is 0 Å². The molecule has 2 rings (SSSR count). The fourth-order valence-electron chi connectivity index (χ4n) is 2.71. The summed E-state index contributed by atoms with van der Waals surface area (Å²) >= 11 is 0.793. The molecule has 0 aliphatic heterocycles. The smallest absolute Gasteiger partial charge is 0.343 e. The summed E-state index contributed by atoms with van der Waals surface area (Å²) in [5.74, 6) is -0.781. The predicted octanol–water partition coefficient (Wildman–Crippen LogP) is 2.52. The maximum Gasteiger partial charge on any atom is 0.343 e. The van der Waals surface area contributed by atoms with Gasteiger partial charge in [0.25, 0.3) is 10.0 Å². The monoisotopic (exact) mass is 443 g/mol. The van der Waals surface area contributed by atoms with Gasteiger partial charge in [0.15, 0.2) is 9.96 Å². The summed E-state index contributed by atoms with van der Waals surface area (Å²) < 4.78 is 37.4. The molecule has 0 saturated heterocycles. The highest BCUT2D eigenvalue weighted by atomic mass is 32.2. The number of thiophene rings is 1. The highest BCUT2D eigenvalue weighted by Crippen LogP contribution is 2.40. The van der Waals surface area contributed by atoms with Crippen LogP contribution in [0.1, 0.15) is 34.6 Å². The Bertz CT molecular complexity index is 952. The number of carbonyl (C=O) groups is 1. The van der Waals surface area contributed by atoms with Gasteiger partial charge in [0, 0.05) is 17.5 Å². The van der Waals surface area contributed by atoms with Crippen molar-refractivity contribution < 1.29 is 32.9 Å². The summed E-state index contributed by atoms with van der Waals surface area (Å²) in [5.41, 5.74) is 0.518. The Kier molecular flexibility index (Phi) is 7.64. The molecule has 0 radical (unpaired) electrons. The number of aliphatic hydroxyl groups excluding tert-OH is 1. The van der Waals surface area contributed by atoms with Crippen molar-refractivity contribution >= 4 is 27.3 Å². The molecule has 2 aromatic rings. The normalized spacial score (nSPS) is 12.8. The summed E-state index contributed by atoms with van der Waals surface area (Å²) in [5, 5.41) is 20.1. The number of benzene rings is 1. The number of aromatic hydroxyl groups is 1. The quantitative estimate of drug-likeness (QED) is 0.573. The molecule has 29 heavy (non-hydrogen) atoms. The summed E-state index contributed by atoms with van der Waals surface area (Å²) in [6.45, 7) is 4.38. The van der Waals surface area contributed by atoms with Crippen molar-refractivity contribution in [3.8, 4) is 11.5 Å². The second kappa shape index (κ2) is 9.57. The summed E-state index contributed by atoms with van der Waals surface area (Å²) in [6.07, 6.45) is 0. The van der Waals surface area contributed by atoms with Crippen molar-refractivity contribution in [2.24, 2.45) is 0 Å². The largest absolute Gasteiger partial charge is 0.505 e. The molecule has 0 aliphatic rings. The number of aliphatic hydroxyl groups is 1. The van der Waals surface area contributed by atoms with Crippen LogP contribution in [0.25, 0.3) is 0 Å². The molecule has 160 valence electrons. The van der Waals surface area contributed by atoms with Crippen molar-refractivity contribution in [1.29, 1.82) is 0 Å². The first-order chi connectivity index (χ1) is 13.7. The zero-order valence-corrected chi connectivity index (χ0v) is 18.3. The predicted molar refractivity (Wildman–Crippen MR) is 109 cm³/mol. The van der Waals surface area contributed by atoms with Gasteiger partial charge in [-0.05, 0) is 38.5 Å². The lowest BCUT2D eigenvalue weighted by Crippen LogP contribution is -2.39. The van der Waals surface area contributed by atoms with E-state index in [0.717, 1.165) is 15.6 Å². The van der Waals surface area contributed by atoms with Gasteiger partial charge in [-0.1, -0.05) is 12.1 Å². The Labute approximate surface area is 174 Å². The number of ether oxygens (including phenoxy) is 2. The van der Waals surface area contributed by atoms with E-state index in [-0.39, 0.29) is 22.9 Å². The van der Waals surface area contributed by atoms with Gasteiger partial charge in [-0.3, -0.25) is 0 Å². The van der Waals surface area contributed by atoms with Gasteiger partial charge in [-0.2, -0.15) is 4.31 Å². The Morgan fingerprint density at radius 1 is 1.28 bits per heavy atom. The van der Waals surface area contributed by atoms with E-state index in [1.54, 1.807) is 45.0 Å².